The SMILES string of the molecule is CCc1ccc(N2C(=S)N[C@@H](c3ccccn3)[C@H]2c2ccc(-c3ccc(C(=O)O)cc3C)o2)cc1. The van der Waals surface area contributed by atoms with Gasteiger partial charge in [0.15, 0.2) is 5.11 Å². The van der Waals surface area contributed by atoms with Crippen LogP contribution in [0, 0.1) is 6.92 Å². The Morgan fingerprint density at radius 2 is 1.91 bits per heavy atom. The number of carboxylic acid groups (broad SMARTS) is 1. The number of aromatic nitrogens is 1. The van der Waals surface area contributed by atoms with E-state index in [2.05, 4.69) is 46.4 Å². The summed E-state index contributed by atoms with van der Waals surface area (Å²) in [7, 11) is 0. The van der Waals surface area contributed by atoms with E-state index < -0.39 is 5.97 Å². The van der Waals surface area contributed by atoms with Crippen LogP contribution in [0.25, 0.3) is 11.3 Å². The van der Waals surface area contributed by atoms with Gasteiger partial charge in [0.25, 0.3) is 0 Å². The molecule has 1 aliphatic heterocycles. The highest BCUT2D eigenvalue weighted by Crippen LogP contribution is 2.43. The fourth-order valence-electron chi connectivity index (χ4n) is 4.54. The Hall–Kier alpha value is -3.97. The summed E-state index contributed by atoms with van der Waals surface area (Å²) in [5.74, 6) is 0.464. The number of carboxylic acids is 1. The lowest BCUT2D eigenvalue weighted by Crippen LogP contribution is -2.29. The molecule has 1 aliphatic rings. The van der Waals surface area contributed by atoms with Crippen LogP contribution in [0.2, 0.25) is 0 Å². The van der Waals surface area contributed by atoms with Crippen LogP contribution in [0.1, 0.15) is 51.9 Å². The van der Waals surface area contributed by atoms with Crippen molar-refractivity contribution in [1.29, 1.82) is 0 Å². The minimum absolute atomic E-state index is 0.205. The third-order valence-corrected chi connectivity index (χ3v) is 6.69. The lowest BCUT2D eigenvalue weighted by atomic mass is 10.0. The van der Waals surface area contributed by atoms with Crippen molar-refractivity contribution in [3.63, 3.8) is 0 Å². The van der Waals surface area contributed by atoms with Crippen LogP contribution in [0.3, 0.4) is 0 Å². The molecule has 2 atom stereocenters. The van der Waals surface area contributed by atoms with Gasteiger partial charge in [-0.3, -0.25) is 4.98 Å². The maximum atomic E-state index is 11.3. The molecule has 0 bridgehead atoms. The molecule has 4 aromatic rings. The van der Waals surface area contributed by atoms with Crippen molar-refractivity contribution in [1.82, 2.24) is 10.3 Å². The fourth-order valence-corrected chi connectivity index (χ4v) is 4.89. The molecule has 0 radical (unpaired) electrons. The van der Waals surface area contributed by atoms with E-state index in [1.54, 1.807) is 24.4 Å². The van der Waals surface area contributed by atoms with Gasteiger partial charge in [0.05, 0.1) is 17.3 Å². The predicted molar refractivity (Wildman–Crippen MR) is 140 cm³/mol. The first-order valence-corrected chi connectivity index (χ1v) is 11.9. The second-order valence-corrected chi connectivity index (χ2v) is 8.94. The Morgan fingerprint density at radius 3 is 2.57 bits per heavy atom. The number of nitrogens with one attached hydrogen (secondary N) is 1. The van der Waals surface area contributed by atoms with E-state index in [-0.39, 0.29) is 17.6 Å². The summed E-state index contributed by atoms with van der Waals surface area (Å²) < 4.78 is 6.42. The standard InChI is InChI=1S/C28H25N3O3S/c1-3-18-7-10-20(11-8-18)31-26(25(30-28(31)35)22-6-4-5-15-29-22)24-14-13-23(34-24)21-12-9-19(27(32)33)16-17(21)2/h4-16,25-26H,3H2,1-2H3,(H,30,35)(H,32,33)/t25-,26+/m0/s1. The molecule has 3 heterocycles. The second-order valence-electron chi connectivity index (χ2n) is 8.55. The summed E-state index contributed by atoms with van der Waals surface area (Å²) in [5.41, 5.74) is 5.03. The van der Waals surface area contributed by atoms with Crippen LogP contribution < -0.4 is 10.2 Å². The molecule has 176 valence electrons. The Balaban J connectivity index is 1.57. The number of furan rings is 1. The number of hydrogen-bond donors (Lipinski definition) is 2. The van der Waals surface area contributed by atoms with E-state index in [1.165, 1.54) is 5.56 Å². The van der Waals surface area contributed by atoms with Crippen molar-refractivity contribution in [3.8, 4) is 11.3 Å². The number of carbonyl (C=O) groups is 1. The lowest BCUT2D eigenvalue weighted by molar-refractivity contribution is 0.0697. The molecule has 0 saturated carbocycles. The number of anilines is 1. The number of thiocarbonyl (C=S) groups is 1. The molecule has 0 unspecified atom stereocenters. The first-order chi connectivity index (χ1) is 17.0. The van der Waals surface area contributed by atoms with E-state index in [9.17, 15) is 9.90 Å². The van der Waals surface area contributed by atoms with E-state index in [0.29, 0.717) is 10.9 Å². The molecule has 0 spiro atoms. The van der Waals surface area contributed by atoms with Crippen LogP contribution >= 0.6 is 12.2 Å². The summed E-state index contributed by atoms with van der Waals surface area (Å²) in [4.78, 5) is 18.0. The van der Waals surface area contributed by atoms with E-state index in [1.807, 2.05) is 37.3 Å². The van der Waals surface area contributed by atoms with Crippen LogP contribution in [0.15, 0.2) is 83.4 Å². The largest absolute Gasteiger partial charge is 0.478 e. The molecule has 0 amide bonds. The number of aromatic carboxylic acids is 1. The van der Waals surface area contributed by atoms with Gasteiger partial charge in [0.1, 0.15) is 17.6 Å². The smallest absolute Gasteiger partial charge is 0.335 e. The summed E-state index contributed by atoms with van der Waals surface area (Å²) >= 11 is 5.79. The molecule has 2 N–H and O–H groups in total. The third-order valence-electron chi connectivity index (χ3n) is 6.38. The van der Waals surface area contributed by atoms with Gasteiger partial charge >= 0.3 is 5.97 Å². The van der Waals surface area contributed by atoms with E-state index in [0.717, 1.165) is 34.7 Å². The molecule has 6 nitrogen and oxygen atoms in total. The second kappa shape index (κ2) is 9.35. The highest BCUT2D eigenvalue weighted by Gasteiger charge is 2.42. The van der Waals surface area contributed by atoms with E-state index in [4.69, 9.17) is 16.6 Å². The molecule has 0 aliphatic carbocycles. The Kier molecular flexibility index (Phi) is 6.09. The number of nitrogens with zero attached hydrogens (tertiary/aromatic N) is 2. The van der Waals surface area contributed by atoms with Crippen molar-refractivity contribution in [2.75, 3.05) is 4.90 Å². The topological polar surface area (TPSA) is 78.6 Å². The van der Waals surface area contributed by atoms with Gasteiger partial charge in [-0.05, 0) is 85.2 Å². The molecule has 1 fully saturated rings. The first kappa shape index (κ1) is 22.8. The first-order valence-electron chi connectivity index (χ1n) is 11.5. The van der Waals surface area contributed by atoms with Gasteiger partial charge in [-0.25, -0.2) is 4.79 Å². The molecule has 7 heteroatoms. The predicted octanol–water partition coefficient (Wildman–Crippen LogP) is 6.09. The normalized spacial score (nSPS) is 17.4. The van der Waals surface area contributed by atoms with Gasteiger partial charge in [0, 0.05) is 17.4 Å². The van der Waals surface area contributed by atoms with Gasteiger partial charge < -0.3 is 19.7 Å². The Morgan fingerprint density at radius 1 is 1.11 bits per heavy atom. The number of aryl methyl sites for hydroxylation is 2. The van der Waals surface area contributed by atoms with Crippen molar-refractivity contribution in [3.05, 3.63) is 107 Å². The number of rotatable bonds is 6. The van der Waals surface area contributed by atoms with Gasteiger partial charge in [-0.15, -0.1) is 0 Å². The molecule has 5 rings (SSSR count). The average Bonchev–Trinajstić information content (AvgIpc) is 3.49. The summed E-state index contributed by atoms with van der Waals surface area (Å²) in [6.07, 6.45) is 2.74. The highest BCUT2D eigenvalue weighted by molar-refractivity contribution is 7.80. The average molecular weight is 484 g/mol. The molecular weight excluding hydrogens is 458 g/mol. The molecule has 1 saturated heterocycles. The highest BCUT2D eigenvalue weighted by atomic mass is 32.1. The van der Waals surface area contributed by atoms with Crippen molar-refractivity contribution in [2.45, 2.75) is 32.4 Å². The maximum Gasteiger partial charge on any atom is 0.335 e. The van der Waals surface area contributed by atoms with Crippen LogP contribution in [0.5, 0.6) is 0 Å². The van der Waals surface area contributed by atoms with Crippen LogP contribution in [-0.4, -0.2) is 21.2 Å². The summed E-state index contributed by atoms with van der Waals surface area (Å²) in [6.45, 7) is 4.01. The van der Waals surface area contributed by atoms with Crippen molar-refractivity contribution < 1.29 is 14.3 Å². The summed E-state index contributed by atoms with van der Waals surface area (Å²) in [5, 5.41) is 13.3. The number of benzene rings is 2. The van der Waals surface area contributed by atoms with E-state index >= 15 is 0 Å². The number of pyridine rings is 1. The van der Waals surface area contributed by atoms with Gasteiger partial charge in [-0.1, -0.05) is 31.2 Å². The van der Waals surface area contributed by atoms with Crippen molar-refractivity contribution >= 4 is 29.0 Å². The third kappa shape index (κ3) is 4.31. The monoisotopic (exact) mass is 483 g/mol. The summed E-state index contributed by atoms with van der Waals surface area (Å²) in [6, 6.07) is 22.7. The zero-order valence-corrected chi connectivity index (χ0v) is 20.3. The lowest BCUT2D eigenvalue weighted by Gasteiger charge is -2.26. The quantitative estimate of drug-likeness (QED) is 0.321. The van der Waals surface area contributed by atoms with Crippen molar-refractivity contribution in [2.24, 2.45) is 0 Å². The Bertz CT molecular complexity index is 1380. The zero-order chi connectivity index (χ0) is 24.5. The van der Waals surface area contributed by atoms with Gasteiger partial charge in [0.2, 0.25) is 0 Å². The fraction of sp³-hybridized carbons (Fsp3) is 0.179. The number of hydrogen-bond acceptors (Lipinski definition) is 4. The minimum atomic E-state index is -0.951. The molecule has 35 heavy (non-hydrogen) atoms. The molecule has 2 aromatic heterocycles. The maximum absolute atomic E-state index is 11.3. The minimum Gasteiger partial charge on any atom is -0.478 e. The van der Waals surface area contributed by atoms with Crippen LogP contribution in [0.4, 0.5) is 5.69 Å². The Labute approximate surface area is 209 Å². The van der Waals surface area contributed by atoms with Crippen LogP contribution in [-0.2, 0) is 6.42 Å². The zero-order valence-electron chi connectivity index (χ0n) is 19.4. The molecular formula is C28H25N3O3S. The molecule has 2 aromatic carbocycles. The van der Waals surface area contributed by atoms with Gasteiger partial charge in [-0.2, -0.15) is 0 Å².